The van der Waals surface area contributed by atoms with Crippen molar-refractivity contribution in [2.75, 3.05) is 36.9 Å². The van der Waals surface area contributed by atoms with Gasteiger partial charge in [-0.2, -0.15) is 11.8 Å². The van der Waals surface area contributed by atoms with Crippen molar-refractivity contribution >= 4 is 33.8 Å². The Bertz CT molecular complexity index is 575. The van der Waals surface area contributed by atoms with Crippen LogP contribution in [0.2, 0.25) is 0 Å². The Hall–Kier alpha value is -1.25. The van der Waals surface area contributed by atoms with Crippen molar-refractivity contribution in [3.63, 3.8) is 0 Å². The van der Waals surface area contributed by atoms with Crippen molar-refractivity contribution in [2.45, 2.75) is 0 Å². The van der Waals surface area contributed by atoms with Gasteiger partial charge >= 0.3 is 0 Å². The summed E-state index contributed by atoms with van der Waals surface area (Å²) in [5.74, 6) is 1.83. The molecule has 1 amide bonds. The molecule has 21 heavy (non-hydrogen) atoms. The van der Waals surface area contributed by atoms with Crippen molar-refractivity contribution in [3.05, 3.63) is 30.2 Å². The first-order chi connectivity index (χ1) is 10.1. The molecule has 1 saturated heterocycles. The molecule has 0 bridgehead atoms. The first-order valence-electron chi connectivity index (χ1n) is 6.63. The van der Waals surface area contributed by atoms with Gasteiger partial charge in [0.15, 0.2) is 0 Å². The summed E-state index contributed by atoms with van der Waals surface area (Å²) >= 11 is 1.75. The monoisotopic (exact) mass is 330 g/mol. The van der Waals surface area contributed by atoms with Gasteiger partial charge in [0.1, 0.15) is 5.76 Å². The normalized spacial score (nSPS) is 17.1. The van der Waals surface area contributed by atoms with E-state index in [1.807, 2.05) is 0 Å². The molecule has 1 aromatic heterocycles. The zero-order valence-corrected chi connectivity index (χ0v) is 13.2. The predicted molar refractivity (Wildman–Crippen MR) is 83.4 cm³/mol. The third kappa shape index (κ3) is 5.22. The van der Waals surface area contributed by atoms with E-state index in [1.54, 1.807) is 23.9 Å². The molecule has 0 unspecified atom stereocenters. The maximum absolute atomic E-state index is 12.0. The van der Waals surface area contributed by atoms with Gasteiger partial charge in [0.2, 0.25) is 15.9 Å². The van der Waals surface area contributed by atoms with E-state index in [4.69, 9.17) is 4.42 Å². The Balaban J connectivity index is 1.74. The lowest BCUT2D eigenvalue weighted by molar-refractivity contribution is -0.116. The minimum absolute atomic E-state index is 0.0714. The van der Waals surface area contributed by atoms with Gasteiger partial charge in [0.25, 0.3) is 0 Å². The lowest BCUT2D eigenvalue weighted by Gasteiger charge is -2.25. The van der Waals surface area contributed by atoms with Crippen LogP contribution in [0.1, 0.15) is 5.76 Å². The number of sulfonamides is 1. The van der Waals surface area contributed by atoms with Crippen LogP contribution in [0.5, 0.6) is 0 Å². The number of carbonyl (C=O) groups is 1. The largest absolute Gasteiger partial charge is 0.465 e. The van der Waals surface area contributed by atoms with Crippen LogP contribution < -0.4 is 5.32 Å². The summed E-state index contributed by atoms with van der Waals surface area (Å²) in [6, 6.07) is 3.45. The van der Waals surface area contributed by atoms with Gasteiger partial charge in [-0.1, -0.05) is 0 Å². The number of hydrogen-bond donors (Lipinski definition) is 1. The number of carbonyl (C=O) groups excluding carboxylic acids is 1. The van der Waals surface area contributed by atoms with Gasteiger partial charge in [0, 0.05) is 37.2 Å². The molecule has 0 aromatic carbocycles. The topological polar surface area (TPSA) is 79.6 Å². The van der Waals surface area contributed by atoms with Gasteiger partial charge < -0.3 is 9.73 Å². The fraction of sp³-hybridized carbons (Fsp3) is 0.462. The highest BCUT2D eigenvalue weighted by Crippen LogP contribution is 2.12. The van der Waals surface area contributed by atoms with Crippen molar-refractivity contribution in [1.82, 2.24) is 9.62 Å². The van der Waals surface area contributed by atoms with Crippen LogP contribution >= 0.6 is 11.8 Å². The van der Waals surface area contributed by atoms with Gasteiger partial charge in [-0.25, -0.2) is 12.7 Å². The summed E-state index contributed by atoms with van der Waals surface area (Å²) in [5.41, 5.74) is 0. The van der Waals surface area contributed by atoms with Crippen molar-refractivity contribution in [2.24, 2.45) is 0 Å². The summed E-state index contributed by atoms with van der Waals surface area (Å²) in [7, 11) is -3.27. The summed E-state index contributed by atoms with van der Waals surface area (Å²) in [6.45, 7) is 1.21. The quantitative estimate of drug-likeness (QED) is 0.780. The summed E-state index contributed by atoms with van der Waals surface area (Å²) in [5, 5.41) is 2.56. The number of nitrogens with zero attached hydrogens (tertiary/aromatic N) is 1. The van der Waals surface area contributed by atoms with Crippen molar-refractivity contribution in [1.29, 1.82) is 0 Å². The van der Waals surface area contributed by atoms with E-state index in [2.05, 4.69) is 5.32 Å². The molecule has 2 rings (SSSR count). The van der Waals surface area contributed by atoms with Gasteiger partial charge in [-0.05, 0) is 18.2 Å². The zero-order valence-electron chi connectivity index (χ0n) is 11.5. The number of furan rings is 1. The number of rotatable bonds is 6. The molecule has 2 heterocycles. The number of thioether (sulfide) groups is 1. The molecule has 1 fully saturated rings. The molecular formula is C13H18N2O4S2. The Morgan fingerprint density at radius 2 is 2.19 bits per heavy atom. The average Bonchev–Trinajstić information content (AvgIpc) is 2.99. The Labute approximate surface area is 128 Å². The van der Waals surface area contributed by atoms with Gasteiger partial charge in [0.05, 0.1) is 12.0 Å². The Morgan fingerprint density at radius 1 is 1.43 bits per heavy atom. The third-order valence-electron chi connectivity index (χ3n) is 2.96. The molecule has 1 aliphatic heterocycles. The number of nitrogens with one attached hydrogen (secondary N) is 1. The molecule has 0 atom stereocenters. The molecular weight excluding hydrogens is 312 g/mol. The number of hydrogen-bond acceptors (Lipinski definition) is 5. The maximum Gasteiger partial charge on any atom is 0.244 e. The third-order valence-corrected chi connectivity index (χ3v) is 5.78. The smallest absolute Gasteiger partial charge is 0.244 e. The van der Waals surface area contributed by atoms with Gasteiger partial charge in [-0.3, -0.25) is 4.79 Å². The second-order valence-corrected chi connectivity index (χ2v) is 7.78. The predicted octanol–water partition coefficient (Wildman–Crippen LogP) is 0.788. The molecule has 6 nitrogen and oxygen atoms in total. The molecule has 1 N–H and O–H groups in total. The van der Waals surface area contributed by atoms with E-state index in [0.29, 0.717) is 18.8 Å². The van der Waals surface area contributed by atoms with E-state index in [0.717, 1.165) is 11.5 Å². The van der Waals surface area contributed by atoms with Crippen LogP contribution in [-0.4, -0.2) is 55.5 Å². The van der Waals surface area contributed by atoms with E-state index in [-0.39, 0.29) is 18.2 Å². The second-order valence-electron chi connectivity index (χ2n) is 4.47. The highest BCUT2D eigenvalue weighted by atomic mass is 32.2. The number of amides is 1. The fourth-order valence-corrected chi connectivity index (χ4v) is 4.35. The standard InChI is InChI=1S/C13H18N2O4S2/c16-13(4-3-12-2-1-8-19-12)14-5-11-21(17,18)15-6-9-20-10-7-15/h1-4,8H,5-7,9-11H2,(H,14,16)/b4-3+. The first-order valence-corrected chi connectivity index (χ1v) is 9.39. The summed E-state index contributed by atoms with van der Waals surface area (Å²) < 4.78 is 30.6. The minimum Gasteiger partial charge on any atom is -0.465 e. The van der Waals surface area contributed by atoms with Crippen LogP contribution in [0.25, 0.3) is 6.08 Å². The zero-order chi connectivity index (χ0) is 15.1. The molecule has 1 aliphatic rings. The first kappa shape index (κ1) is 16.1. The summed E-state index contributed by atoms with van der Waals surface area (Å²) in [4.78, 5) is 11.5. The SMILES string of the molecule is O=C(/C=C/c1ccco1)NCCS(=O)(=O)N1CCSCC1. The average molecular weight is 330 g/mol. The Morgan fingerprint density at radius 3 is 2.86 bits per heavy atom. The highest BCUT2D eigenvalue weighted by Gasteiger charge is 2.23. The van der Waals surface area contributed by atoms with Crippen LogP contribution in [0.15, 0.2) is 28.9 Å². The minimum atomic E-state index is -3.27. The molecule has 1 aromatic rings. The van der Waals surface area contributed by atoms with Crippen LogP contribution in [0.4, 0.5) is 0 Å². The van der Waals surface area contributed by atoms with E-state index < -0.39 is 10.0 Å². The van der Waals surface area contributed by atoms with Crippen LogP contribution in [0.3, 0.4) is 0 Å². The molecule has 0 saturated carbocycles. The Kier molecular flexibility index (Phi) is 5.89. The highest BCUT2D eigenvalue weighted by molar-refractivity contribution is 7.99. The maximum atomic E-state index is 12.0. The lowest BCUT2D eigenvalue weighted by Crippen LogP contribution is -2.41. The molecule has 8 heteroatoms. The molecule has 116 valence electrons. The summed E-state index contributed by atoms with van der Waals surface area (Å²) in [6.07, 6.45) is 4.37. The van der Waals surface area contributed by atoms with Gasteiger partial charge in [-0.15, -0.1) is 0 Å². The fourth-order valence-electron chi connectivity index (χ4n) is 1.86. The van der Waals surface area contributed by atoms with E-state index in [9.17, 15) is 13.2 Å². The lowest BCUT2D eigenvalue weighted by atomic mass is 10.4. The van der Waals surface area contributed by atoms with Crippen LogP contribution in [0, 0.1) is 0 Å². The van der Waals surface area contributed by atoms with Crippen LogP contribution in [-0.2, 0) is 14.8 Å². The van der Waals surface area contributed by atoms with Crippen molar-refractivity contribution in [3.8, 4) is 0 Å². The molecule has 0 aliphatic carbocycles. The molecule has 0 spiro atoms. The molecule has 0 radical (unpaired) electrons. The van der Waals surface area contributed by atoms with E-state index in [1.165, 1.54) is 22.7 Å². The van der Waals surface area contributed by atoms with E-state index >= 15 is 0 Å². The second kappa shape index (κ2) is 7.67. The van der Waals surface area contributed by atoms with Crippen molar-refractivity contribution < 1.29 is 17.6 Å².